The second-order valence-electron chi connectivity index (χ2n) is 18.4. The summed E-state index contributed by atoms with van der Waals surface area (Å²) in [5.74, 6) is 0.419. The largest absolute Gasteiger partial charge is 0.415 e. The molecule has 3 saturated heterocycles. The van der Waals surface area contributed by atoms with Gasteiger partial charge in [-0.25, -0.2) is 9.59 Å². The SMILES string of the molecule is CCN(CCC(=O)N1CCCC1)C(=O)Oc1ccc(C(C)(C)c2ccc(OC(=O)N3CC[C@H]4CCC(CC(c5ccccc5)c5ccccc5)N4C(=O)C(NC(=O)C(C)NC)C3)cc2)cc1. The third-order valence-corrected chi connectivity index (χ3v) is 13.9. The van der Waals surface area contributed by atoms with Crippen LogP contribution in [0.25, 0.3) is 0 Å². The molecule has 0 spiro atoms. The number of fused-ring (bicyclic) bond motifs is 1. The fraction of sp³-hybridized carbons (Fsp3) is 0.453. The first-order valence-corrected chi connectivity index (χ1v) is 23.7. The number of rotatable bonds is 15. The summed E-state index contributed by atoms with van der Waals surface area (Å²) in [6.45, 7) is 10.4. The van der Waals surface area contributed by atoms with Gasteiger partial charge < -0.3 is 39.7 Å². The van der Waals surface area contributed by atoms with Gasteiger partial charge in [0.1, 0.15) is 17.5 Å². The highest BCUT2D eigenvalue weighted by Gasteiger charge is 2.44. The summed E-state index contributed by atoms with van der Waals surface area (Å²) in [6, 6.07) is 33.9. The fourth-order valence-electron chi connectivity index (χ4n) is 9.63. The van der Waals surface area contributed by atoms with Crippen molar-refractivity contribution in [2.75, 3.05) is 46.3 Å². The van der Waals surface area contributed by atoms with Gasteiger partial charge in [-0.1, -0.05) is 98.8 Å². The molecule has 0 bridgehead atoms. The molecule has 0 aromatic heterocycles. The van der Waals surface area contributed by atoms with Crippen molar-refractivity contribution in [3.05, 3.63) is 131 Å². The molecule has 4 aromatic rings. The zero-order chi connectivity index (χ0) is 46.8. The number of likely N-dealkylation sites (N-methyl/N-ethyl adjacent to an activating group) is 1. The van der Waals surface area contributed by atoms with Gasteiger partial charge in [-0.3, -0.25) is 14.4 Å². The molecule has 3 fully saturated rings. The maximum absolute atomic E-state index is 14.7. The topological polar surface area (TPSA) is 141 Å². The van der Waals surface area contributed by atoms with Crippen LogP contribution in [0.3, 0.4) is 0 Å². The molecule has 7 rings (SSSR count). The van der Waals surface area contributed by atoms with Crippen LogP contribution in [0.15, 0.2) is 109 Å². The van der Waals surface area contributed by atoms with Crippen molar-refractivity contribution in [1.29, 1.82) is 0 Å². The van der Waals surface area contributed by atoms with Crippen LogP contribution in [0.1, 0.15) is 101 Å². The lowest BCUT2D eigenvalue weighted by Crippen LogP contribution is -2.61. The van der Waals surface area contributed by atoms with Crippen molar-refractivity contribution in [2.24, 2.45) is 0 Å². The molecular formula is C53H66N6O7. The number of benzene rings is 4. The molecule has 4 aromatic carbocycles. The van der Waals surface area contributed by atoms with E-state index in [0.29, 0.717) is 37.6 Å². The molecule has 0 radical (unpaired) electrons. The van der Waals surface area contributed by atoms with Crippen molar-refractivity contribution < 1.29 is 33.4 Å². The Kier molecular flexibility index (Phi) is 15.8. The highest BCUT2D eigenvalue weighted by Crippen LogP contribution is 2.38. The van der Waals surface area contributed by atoms with Crippen LogP contribution < -0.4 is 20.1 Å². The Hall–Kier alpha value is -6.21. The monoisotopic (exact) mass is 898 g/mol. The summed E-state index contributed by atoms with van der Waals surface area (Å²) in [5, 5.41) is 5.95. The maximum Gasteiger partial charge on any atom is 0.415 e. The molecule has 3 unspecified atom stereocenters. The third-order valence-electron chi connectivity index (χ3n) is 13.9. The van der Waals surface area contributed by atoms with Gasteiger partial charge in [-0.2, -0.15) is 0 Å². The van der Waals surface area contributed by atoms with Crippen LogP contribution in [0.5, 0.6) is 11.5 Å². The van der Waals surface area contributed by atoms with E-state index >= 15 is 0 Å². The first-order chi connectivity index (χ1) is 31.9. The van der Waals surface area contributed by atoms with E-state index in [4.69, 9.17) is 9.47 Å². The normalized spacial score (nSPS) is 19.2. The predicted octanol–water partition coefficient (Wildman–Crippen LogP) is 7.72. The number of likely N-dealkylation sites (tertiary alicyclic amines) is 1. The molecule has 2 N–H and O–H groups in total. The molecule has 0 aliphatic carbocycles. The zero-order valence-electron chi connectivity index (χ0n) is 39.1. The average Bonchev–Trinajstić information content (AvgIpc) is 4.02. The Morgan fingerprint density at radius 1 is 0.758 bits per heavy atom. The Morgan fingerprint density at radius 2 is 1.33 bits per heavy atom. The van der Waals surface area contributed by atoms with E-state index in [9.17, 15) is 24.0 Å². The van der Waals surface area contributed by atoms with Gasteiger partial charge in [0, 0.05) is 62.6 Å². The molecule has 5 amide bonds. The van der Waals surface area contributed by atoms with E-state index in [1.165, 1.54) is 11.1 Å². The molecule has 3 heterocycles. The van der Waals surface area contributed by atoms with Crippen molar-refractivity contribution in [2.45, 2.75) is 108 Å². The predicted molar refractivity (Wildman–Crippen MR) is 254 cm³/mol. The van der Waals surface area contributed by atoms with Crippen molar-refractivity contribution >= 4 is 29.9 Å². The van der Waals surface area contributed by atoms with Gasteiger partial charge in [-0.05, 0) is 106 Å². The minimum absolute atomic E-state index is 0.0259. The Balaban J connectivity index is 0.994. The molecule has 66 heavy (non-hydrogen) atoms. The maximum atomic E-state index is 14.7. The molecule has 3 aliphatic heterocycles. The highest BCUT2D eigenvalue weighted by atomic mass is 16.6. The second-order valence-corrected chi connectivity index (χ2v) is 18.4. The van der Waals surface area contributed by atoms with E-state index in [2.05, 4.69) is 73.0 Å². The summed E-state index contributed by atoms with van der Waals surface area (Å²) >= 11 is 0. The molecule has 13 nitrogen and oxygen atoms in total. The Bertz CT molecular complexity index is 2230. The van der Waals surface area contributed by atoms with E-state index < -0.39 is 29.7 Å². The summed E-state index contributed by atoms with van der Waals surface area (Å²) in [6.07, 6.45) is 4.21. The van der Waals surface area contributed by atoms with Crippen LogP contribution in [0.4, 0.5) is 9.59 Å². The van der Waals surface area contributed by atoms with Crippen molar-refractivity contribution in [1.82, 2.24) is 30.2 Å². The standard InChI is InChI=1S/C53H66N6O7/c1-6-56(34-30-48(60)57-31-13-14-32-57)51(63)65-44-25-19-40(20-26-44)53(3,4)41-21-27-45(28-22-41)66-52(64)58-33-29-42-23-24-43(59(42)50(62)47(36-58)55-49(61)37(2)54-5)35-46(38-15-9-7-10-16-38)39-17-11-8-12-18-39/h7-12,15-22,25-28,37,42-43,46-47,54H,6,13-14,23-24,29-36H2,1-5H3,(H,55,61)/t37?,42-,43?,47?/m1/s1. The molecule has 4 atom stereocenters. The number of nitrogens with zero attached hydrogens (tertiary/aromatic N) is 4. The average molecular weight is 899 g/mol. The van der Waals surface area contributed by atoms with E-state index in [1.807, 2.05) is 53.1 Å². The van der Waals surface area contributed by atoms with E-state index in [1.54, 1.807) is 48.0 Å². The lowest BCUT2D eigenvalue weighted by Gasteiger charge is -2.39. The van der Waals surface area contributed by atoms with Crippen LogP contribution in [0.2, 0.25) is 0 Å². The van der Waals surface area contributed by atoms with Crippen molar-refractivity contribution in [3.8, 4) is 11.5 Å². The first-order valence-electron chi connectivity index (χ1n) is 23.7. The van der Waals surface area contributed by atoms with Crippen LogP contribution >= 0.6 is 0 Å². The molecule has 0 saturated carbocycles. The Morgan fingerprint density at radius 3 is 1.89 bits per heavy atom. The smallest absolute Gasteiger partial charge is 0.410 e. The second kappa shape index (κ2) is 21.9. The summed E-state index contributed by atoms with van der Waals surface area (Å²) in [7, 11) is 1.69. The lowest BCUT2D eigenvalue weighted by atomic mass is 9.78. The van der Waals surface area contributed by atoms with Crippen LogP contribution in [0, 0.1) is 0 Å². The number of ether oxygens (including phenoxy) is 2. The molecular weight excluding hydrogens is 833 g/mol. The van der Waals surface area contributed by atoms with Crippen LogP contribution in [-0.2, 0) is 19.8 Å². The lowest BCUT2D eigenvalue weighted by molar-refractivity contribution is -0.141. The molecule has 3 aliphatic rings. The third kappa shape index (κ3) is 11.4. The highest BCUT2D eigenvalue weighted by molar-refractivity contribution is 5.91. The number of hydrogen-bond acceptors (Lipinski definition) is 8. The first kappa shape index (κ1) is 47.7. The van der Waals surface area contributed by atoms with Gasteiger partial charge in [-0.15, -0.1) is 0 Å². The minimum atomic E-state index is -0.963. The van der Waals surface area contributed by atoms with Gasteiger partial charge >= 0.3 is 12.2 Å². The van der Waals surface area contributed by atoms with Gasteiger partial charge in [0.25, 0.3) is 0 Å². The molecule has 350 valence electrons. The van der Waals surface area contributed by atoms with E-state index in [0.717, 1.165) is 56.3 Å². The summed E-state index contributed by atoms with van der Waals surface area (Å²) in [5.41, 5.74) is 3.89. The number of carbonyl (C=O) groups excluding carboxylic acids is 5. The zero-order valence-corrected chi connectivity index (χ0v) is 39.1. The van der Waals surface area contributed by atoms with Gasteiger partial charge in [0.15, 0.2) is 0 Å². The fourth-order valence-corrected chi connectivity index (χ4v) is 9.63. The minimum Gasteiger partial charge on any atom is -0.410 e. The van der Waals surface area contributed by atoms with Crippen LogP contribution in [-0.4, -0.2) is 120 Å². The summed E-state index contributed by atoms with van der Waals surface area (Å²) in [4.78, 5) is 74.6. The van der Waals surface area contributed by atoms with E-state index in [-0.39, 0.29) is 48.7 Å². The number of carbonyl (C=O) groups is 5. The Labute approximate surface area is 389 Å². The number of hydrogen-bond donors (Lipinski definition) is 2. The van der Waals surface area contributed by atoms with Gasteiger partial charge in [0.05, 0.1) is 12.6 Å². The molecule has 13 heteroatoms. The number of nitrogens with one attached hydrogen (secondary N) is 2. The number of amides is 5. The summed E-state index contributed by atoms with van der Waals surface area (Å²) < 4.78 is 11.7. The van der Waals surface area contributed by atoms with Gasteiger partial charge in [0.2, 0.25) is 17.7 Å². The quantitative estimate of drug-likeness (QED) is 0.124. The van der Waals surface area contributed by atoms with Crippen molar-refractivity contribution in [3.63, 3.8) is 0 Å².